The molecule has 0 aromatic carbocycles. The fraction of sp³-hybridized carbons (Fsp3) is 0.833. The van der Waals surface area contributed by atoms with E-state index in [9.17, 15) is 9.59 Å². The number of nitrogens with zero attached hydrogens (tertiary/aromatic N) is 1. The standard InChI is InChI=1S/C12H21N3O2/c1-8(16)15-6-2-3-11(15)12(17)14-7-10(13)9-4-5-9/h9-11H,2-7,13H2,1H3,(H,14,17). The van der Waals surface area contributed by atoms with E-state index in [1.54, 1.807) is 4.90 Å². The molecular formula is C12H21N3O2. The van der Waals surface area contributed by atoms with Gasteiger partial charge in [0.25, 0.3) is 0 Å². The summed E-state index contributed by atoms with van der Waals surface area (Å²) in [5.74, 6) is 0.519. The van der Waals surface area contributed by atoms with Crippen molar-refractivity contribution in [1.82, 2.24) is 10.2 Å². The van der Waals surface area contributed by atoms with Crippen molar-refractivity contribution in [3.05, 3.63) is 0 Å². The number of hydrogen-bond acceptors (Lipinski definition) is 3. The zero-order valence-corrected chi connectivity index (χ0v) is 10.3. The first-order valence-electron chi connectivity index (χ1n) is 6.40. The van der Waals surface area contributed by atoms with Gasteiger partial charge in [-0.25, -0.2) is 0 Å². The smallest absolute Gasteiger partial charge is 0.242 e. The van der Waals surface area contributed by atoms with E-state index < -0.39 is 0 Å². The Bertz CT molecular complexity index is 315. The number of nitrogens with one attached hydrogen (secondary N) is 1. The van der Waals surface area contributed by atoms with Gasteiger partial charge < -0.3 is 16.0 Å². The summed E-state index contributed by atoms with van der Waals surface area (Å²) in [7, 11) is 0. The maximum Gasteiger partial charge on any atom is 0.242 e. The van der Waals surface area contributed by atoms with Crippen molar-refractivity contribution in [1.29, 1.82) is 0 Å². The van der Waals surface area contributed by atoms with Gasteiger partial charge in [-0.05, 0) is 31.6 Å². The third kappa shape index (κ3) is 2.97. The Kier molecular flexibility index (Phi) is 3.66. The van der Waals surface area contributed by atoms with Crippen LogP contribution in [0.15, 0.2) is 0 Å². The highest BCUT2D eigenvalue weighted by atomic mass is 16.2. The molecule has 96 valence electrons. The molecule has 2 atom stereocenters. The molecule has 1 aliphatic carbocycles. The Labute approximate surface area is 102 Å². The molecule has 1 heterocycles. The summed E-state index contributed by atoms with van der Waals surface area (Å²) in [5.41, 5.74) is 5.93. The van der Waals surface area contributed by atoms with Crippen LogP contribution in [0.3, 0.4) is 0 Å². The fourth-order valence-corrected chi connectivity index (χ4v) is 2.44. The van der Waals surface area contributed by atoms with Crippen molar-refractivity contribution in [3.63, 3.8) is 0 Å². The van der Waals surface area contributed by atoms with E-state index in [0.717, 1.165) is 12.8 Å². The molecule has 1 saturated heterocycles. The average Bonchev–Trinajstić information content (AvgIpc) is 3.02. The van der Waals surface area contributed by atoms with Crippen molar-refractivity contribution >= 4 is 11.8 Å². The van der Waals surface area contributed by atoms with Crippen molar-refractivity contribution in [2.45, 2.75) is 44.7 Å². The minimum atomic E-state index is -0.279. The molecule has 2 unspecified atom stereocenters. The lowest BCUT2D eigenvalue weighted by Gasteiger charge is -2.23. The van der Waals surface area contributed by atoms with E-state index >= 15 is 0 Å². The van der Waals surface area contributed by atoms with E-state index in [1.165, 1.54) is 19.8 Å². The molecule has 1 saturated carbocycles. The molecule has 0 bridgehead atoms. The van der Waals surface area contributed by atoms with E-state index in [4.69, 9.17) is 5.73 Å². The monoisotopic (exact) mass is 239 g/mol. The highest BCUT2D eigenvalue weighted by molar-refractivity contribution is 5.87. The van der Waals surface area contributed by atoms with Crippen LogP contribution in [0.25, 0.3) is 0 Å². The lowest BCUT2D eigenvalue weighted by atomic mass is 10.1. The molecule has 0 radical (unpaired) electrons. The molecule has 5 heteroatoms. The second kappa shape index (κ2) is 5.04. The topological polar surface area (TPSA) is 75.4 Å². The van der Waals surface area contributed by atoms with Crippen molar-refractivity contribution in [2.75, 3.05) is 13.1 Å². The molecule has 2 aliphatic rings. The second-order valence-electron chi connectivity index (χ2n) is 5.12. The SMILES string of the molecule is CC(=O)N1CCCC1C(=O)NCC(N)C1CC1. The maximum absolute atomic E-state index is 11.9. The first kappa shape index (κ1) is 12.4. The summed E-state index contributed by atoms with van der Waals surface area (Å²) >= 11 is 0. The molecule has 1 aliphatic heterocycles. The normalized spacial score (nSPS) is 25.8. The van der Waals surface area contributed by atoms with E-state index in [-0.39, 0.29) is 23.9 Å². The Hall–Kier alpha value is -1.10. The van der Waals surface area contributed by atoms with Gasteiger partial charge in [0, 0.05) is 26.1 Å². The largest absolute Gasteiger partial charge is 0.353 e. The van der Waals surface area contributed by atoms with Crippen LogP contribution < -0.4 is 11.1 Å². The lowest BCUT2D eigenvalue weighted by molar-refractivity contribution is -0.136. The summed E-state index contributed by atoms with van der Waals surface area (Å²) in [4.78, 5) is 24.9. The molecule has 2 rings (SSSR count). The van der Waals surface area contributed by atoms with Gasteiger partial charge in [-0.1, -0.05) is 0 Å². The van der Waals surface area contributed by atoms with Crippen LogP contribution in [0.1, 0.15) is 32.6 Å². The van der Waals surface area contributed by atoms with E-state index in [0.29, 0.717) is 19.0 Å². The number of carbonyl (C=O) groups is 2. The van der Waals surface area contributed by atoms with E-state index in [1.807, 2.05) is 0 Å². The van der Waals surface area contributed by atoms with Crippen LogP contribution in [0.4, 0.5) is 0 Å². The molecule has 17 heavy (non-hydrogen) atoms. The van der Waals surface area contributed by atoms with Crippen LogP contribution >= 0.6 is 0 Å². The number of nitrogens with two attached hydrogens (primary N) is 1. The van der Waals surface area contributed by atoms with Crippen LogP contribution in [0.2, 0.25) is 0 Å². The summed E-state index contributed by atoms with van der Waals surface area (Å²) in [6, 6.07) is -0.204. The first-order valence-corrected chi connectivity index (χ1v) is 6.40. The van der Waals surface area contributed by atoms with Gasteiger partial charge in [-0.15, -0.1) is 0 Å². The quantitative estimate of drug-likeness (QED) is 0.716. The van der Waals surface area contributed by atoms with Crippen molar-refractivity contribution < 1.29 is 9.59 Å². The molecule has 5 nitrogen and oxygen atoms in total. The summed E-state index contributed by atoms with van der Waals surface area (Å²) < 4.78 is 0. The van der Waals surface area contributed by atoms with Crippen molar-refractivity contribution in [2.24, 2.45) is 11.7 Å². The van der Waals surface area contributed by atoms with Gasteiger partial charge in [0.2, 0.25) is 11.8 Å². The maximum atomic E-state index is 11.9. The van der Waals surface area contributed by atoms with Crippen LogP contribution in [0, 0.1) is 5.92 Å². The van der Waals surface area contributed by atoms with Gasteiger partial charge in [-0.3, -0.25) is 9.59 Å². The average molecular weight is 239 g/mol. The Morgan fingerprint density at radius 2 is 2.12 bits per heavy atom. The Morgan fingerprint density at radius 3 is 2.71 bits per heavy atom. The summed E-state index contributed by atoms with van der Waals surface area (Å²) in [6.07, 6.45) is 4.04. The molecular weight excluding hydrogens is 218 g/mol. The van der Waals surface area contributed by atoms with Crippen molar-refractivity contribution in [3.8, 4) is 0 Å². The molecule has 0 aromatic heterocycles. The van der Waals surface area contributed by atoms with Gasteiger partial charge >= 0.3 is 0 Å². The van der Waals surface area contributed by atoms with Crippen LogP contribution in [-0.4, -0.2) is 41.9 Å². The predicted octanol–water partition coefficient (Wildman–Crippen LogP) is -0.149. The molecule has 0 spiro atoms. The predicted molar refractivity (Wildman–Crippen MR) is 64.1 cm³/mol. The molecule has 2 fully saturated rings. The number of rotatable bonds is 4. The summed E-state index contributed by atoms with van der Waals surface area (Å²) in [5, 5.41) is 2.87. The highest BCUT2D eigenvalue weighted by Gasteiger charge is 2.33. The Morgan fingerprint density at radius 1 is 1.41 bits per heavy atom. The number of carbonyl (C=O) groups excluding carboxylic acids is 2. The van der Waals surface area contributed by atoms with Gasteiger partial charge in [0.15, 0.2) is 0 Å². The summed E-state index contributed by atoms with van der Waals surface area (Å²) in [6.45, 7) is 2.75. The fourth-order valence-electron chi connectivity index (χ4n) is 2.44. The molecule has 2 amide bonds. The number of hydrogen-bond donors (Lipinski definition) is 2. The highest BCUT2D eigenvalue weighted by Crippen LogP contribution is 2.31. The molecule has 3 N–H and O–H groups in total. The minimum Gasteiger partial charge on any atom is -0.353 e. The van der Waals surface area contributed by atoms with E-state index in [2.05, 4.69) is 5.32 Å². The number of likely N-dealkylation sites (tertiary alicyclic amines) is 1. The first-order chi connectivity index (χ1) is 8.09. The third-order valence-electron chi connectivity index (χ3n) is 3.70. The van der Waals surface area contributed by atoms with Gasteiger partial charge in [-0.2, -0.15) is 0 Å². The van der Waals surface area contributed by atoms with Gasteiger partial charge in [0.05, 0.1) is 0 Å². The third-order valence-corrected chi connectivity index (χ3v) is 3.70. The zero-order chi connectivity index (χ0) is 12.4. The zero-order valence-electron chi connectivity index (χ0n) is 10.3. The van der Waals surface area contributed by atoms with Crippen LogP contribution in [-0.2, 0) is 9.59 Å². The minimum absolute atomic E-state index is 0.0193. The van der Waals surface area contributed by atoms with Gasteiger partial charge in [0.1, 0.15) is 6.04 Å². The second-order valence-corrected chi connectivity index (χ2v) is 5.12. The lowest BCUT2D eigenvalue weighted by Crippen LogP contribution is -2.48. The molecule has 0 aromatic rings. The Balaban J connectivity index is 1.80. The van der Waals surface area contributed by atoms with Crippen LogP contribution in [0.5, 0.6) is 0 Å². The number of amides is 2.